The Hall–Kier alpha value is -2.12. The van der Waals surface area contributed by atoms with Gasteiger partial charge in [0.1, 0.15) is 16.6 Å². The van der Waals surface area contributed by atoms with Crippen molar-refractivity contribution in [3.05, 3.63) is 45.6 Å². The Morgan fingerprint density at radius 3 is 2.85 bits per heavy atom. The summed E-state index contributed by atoms with van der Waals surface area (Å²) in [5.41, 5.74) is 3.74. The molecule has 7 heteroatoms. The molecule has 3 aromatic rings. The van der Waals surface area contributed by atoms with Crippen LogP contribution in [0.4, 0.5) is 0 Å². The fourth-order valence-corrected chi connectivity index (χ4v) is 4.34. The maximum Gasteiger partial charge on any atom is 0.146 e. The summed E-state index contributed by atoms with van der Waals surface area (Å²) < 4.78 is 5.34. The molecule has 3 aromatic heterocycles. The van der Waals surface area contributed by atoms with Gasteiger partial charge in [-0.2, -0.15) is 0 Å². The molecule has 0 bridgehead atoms. The number of rotatable bonds is 4. The number of nitrogens with zero attached hydrogens (tertiary/aromatic N) is 5. The summed E-state index contributed by atoms with van der Waals surface area (Å²) in [6.07, 6.45) is 5.37. The van der Waals surface area contributed by atoms with Crippen molar-refractivity contribution in [1.29, 1.82) is 0 Å². The number of aryl methyl sites for hydroxylation is 3. The molecule has 4 rings (SSSR count). The summed E-state index contributed by atoms with van der Waals surface area (Å²) in [6.45, 7) is 7.84. The van der Waals surface area contributed by atoms with E-state index in [4.69, 9.17) is 14.5 Å². The summed E-state index contributed by atoms with van der Waals surface area (Å²) in [7, 11) is 0. The van der Waals surface area contributed by atoms with Crippen molar-refractivity contribution in [2.24, 2.45) is 0 Å². The topological polar surface area (TPSA) is 67.9 Å². The van der Waals surface area contributed by atoms with Crippen LogP contribution in [0.5, 0.6) is 0 Å². The lowest BCUT2D eigenvalue weighted by molar-refractivity contribution is 0.133. The average molecular weight is 369 g/mol. The second-order valence-corrected chi connectivity index (χ2v) is 7.84. The Labute approximate surface area is 157 Å². The van der Waals surface area contributed by atoms with Crippen molar-refractivity contribution in [2.45, 2.75) is 52.6 Å². The van der Waals surface area contributed by atoms with Gasteiger partial charge < -0.3 is 4.52 Å². The first-order valence-corrected chi connectivity index (χ1v) is 9.91. The van der Waals surface area contributed by atoms with Gasteiger partial charge in [0.15, 0.2) is 0 Å². The van der Waals surface area contributed by atoms with Gasteiger partial charge in [0.2, 0.25) is 0 Å². The van der Waals surface area contributed by atoms with E-state index >= 15 is 0 Å². The highest BCUT2D eigenvalue weighted by molar-refractivity contribution is 7.09. The van der Waals surface area contributed by atoms with Crippen LogP contribution in [0.25, 0.3) is 11.3 Å². The third-order valence-corrected chi connectivity index (χ3v) is 5.66. The van der Waals surface area contributed by atoms with Crippen molar-refractivity contribution in [3.8, 4) is 11.3 Å². The van der Waals surface area contributed by atoms with Gasteiger partial charge in [-0.1, -0.05) is 11.6 Å². The fourth-order valence-electron chi connectivity index (χ4n) is 3.69. The smallest absolute Gasteiger partial charge is 0.146 e. The van der Waals surface area contributed by atoms with Crippen LogP contribution in [-0.4, -0.2) is 31.6 Å². The Bertz CT molecular complexity index is 870. The molecule has 1 saturated heterocycles. The molecule has 0 saturated carbocycles. The summed E-state index contributed by atoms with van der Waals surface area (Å²) in [5, 5.41) is 7.26. The van der Waals surface area contributed by atoms with Gasteiger partial charge in [-0.25, -0.2) is 15.0 Å². The Morgan fingerprint density at radius 1 is 1.23 bits per heavy atom. The molecule has 1 aliphatic heterocycles. The lowest BCUT2D eigenvalue weighted by Gasteiger charge is -2.34. The molecule has 1 fully saturated rings. The lowest BCUT2D eigenvalue weighted by atomic mass is 10.0. The highest BCUT2D eigenvalue weighted by Gasteiger charge is 2.28. The van der Waals surface area contributed by atoms with Crippen molar-refractivity contribution in [2.75, 3.05) is 6.54 Å². The van der Waals surface area contributed by atoms with Crippen LogP contribution in [0.3, 0.4) is 0 Å². The average Bonchev–Trinajstić information content (AvgIpc) is 3.24. The molecular formula is C19H23N5OS. The molecule has 0 amide bonds. The first-order chi connectivity index (χ1) is 12.6. The van der Waals surface area contributed by atoms with Crippen molar-refractivity contribution in [1.82, 2.24) is 25.0 Å². The van der Waals surface area contributed by atoms with Crippen LogP contribution < -0.4 is 0 Å². The summed E-state index contributed by atoms with van der Waals surface area (Å²) >= 11 is 1.71. The number of aromatic nitrogens is 4. The second kappa shape index (κ2) is 7.25. The van der Waals surface area contributed by atoms with E-state index in [1.807, 2.05) is 38.4 Å². The molecule has 1 atom stereocenters. The van der Waals surface area contributed by atoms with E-state index in [0.29, 0.717) is 0 Å². The molecule has 26 heavy (non-hydrogen) atoms. The van der Waals surface area contributed by atoms with E-state index in [-0.39, 0.29) is 6.04 Å². The molecule has 1 aliphatic rings. The van der Waals surface area contributed by atoms with Crippen molar-refractivity contribution < 1.29 is 4.52 Å². The zero-order chi connectivity index (χ0) is 18.1. The zero-order valence-electron chi connectivity index (χ0n) is 15.4. The van der Waals surface area contributed by atoms with E-state index in [9.17, 15) is 0 Å². The first-order valence-electron chi connectivity index (χ1n) is 9.03. The minimum absolute atomic E-state index is 0.228. The third kappa shape index (κ3) is 3.41. The lowest BCUT2D eigenvalue weighted by Crippen LogP contribution is -2.34. The molecule has 0 unspecified atom stereocenters. The van der Waals surface area contributed by atoms with Crippen LogP contribution in [0.1, 0.15) is 53.3 Å². The minimum atomic E-state index is 0.228. The summed E-state index contributed by atoms with van der Waals surface area (Å²) in [5.74, 6) is 1.70. The van der Waals surface area contributed by atoms with Crippen LogP contribution >= 0.6 is 11.3 Å². The SMILES string of the molecule is Cc1cc(-c2c(C)noc2C)nc([C@@H]2CCCCN2Cc2nccs2)n1. The van der Waals surface area contributed by atoms with E-state index in [1.54, 1.807) is 11.3 Å². The monoisotopic (exact) mass is 369 g/mol. The van der Waals surface area contributed by atoms with Gasteiger partial charge in [-0.3, -0.25) is 4.90 Å². The van der Waals surface area contributed by atoms with Crippen LogP contribution in [0, 0.1) is 20.8 Å². The number of likely N-dealkylation sites (tertiary alicyclic amines) is 1. The Morgan fingerprint density at radius 2 is 2.12 bits per heavy atom. The van der Waals surface area contributed by atoms with Crippen LogP contribution in [-0.2, 0) is 6.54 Å². The molecular weight excluding hydrogens is 346 g/mol. The maximum atomic E-state index is 5.34. The predicted molar refractivity (Wildman–Crippen MR) is 101 cm³/mol. The van der Waals surface area contributed by atoms with Crippen LogP contribution in [0.2, 0.25) is 0 Å². The summed E-state index contributed by atoms with van der Waals surface area (Å²) in [6, 6.07) is 2.25. The van der Waals surface area contributed by atoms with Crippen molar-refractivity contribution >= 4 is 11.3 Å². The van der Waals surface area contributed by atoms with Gasteiger partial charge in [-0.05, 0) is 46.2 Å². The van der Waals surface area contributed by atoms with Gasteiger partial charge >= 0.3 is 0 Å². The summed E-state index contributed by atoms with van der Waals surface area (Å²) in [4.78, 5) is 16.6. The highest BCUT2D eigenvalue weighted by Crippen LogP contribution is 2.33. The number of piperidine rings is 1. The van der Waals surface area contributed by atoms with Crippen LogP contribution in [0.15, 0.2) is 22.2 Å². The van der Waals surface area contributed by atoms with Gasteiger partial charge in [0, 0.05) is 17.3 Å². The second-order valence-electron chi connectivity index (χ2n) is 6.86. The standard InChI is InChI=1S/C19H23N5OS/c1-12-10-15(18-13(2)23-25-14(18)3)22-19(21-12)16-6-4-5-8-24(16)11-17-20-7-9-26-17/h7,9-10,16H,4-6,8,11H2,1-3H3/t16-/m0/s1. The largest absolute Gasteiger partial charge is 0.361 e. The quantitative estimate of drug-likeness (QED) is 0.685. The highest BCUT2D eigenvalue weighted by atomic mass is 32.1. The predicted octanol–water partition coefficient (Wildman–Crippen LogP) is 4.24. The fraction of sp³-hybridized carbons (Fsp3) is 0.474. The van der Waals surface area contributed by atoms with Gasteiger partial charge in [-0.15, -0.1) is 11.3 Å². The molecule has 0 N–H and O–H groups in total. The van der Waals surface area contributed by atoms with Gasteiger partial charge in [0.05, 0.1) is 29.5 Å². The normalized spacial score (nSPS) is 18.3. The van der Waals surface area contributed by atoms with E-state index in [1.165, 1.54) is 12.8 Å². The Kier molecular flexibility index (Phi) is 4.82. The number of thiazole rings is 1. The first kappa shape index (κ1) is 17.3. The van der Waals surface area contributed by atoms with Crippen molar-refractivity contribution in [3.63, 3.8) is 0 Å². The number of hydrogen-bond donors (Lipinski definition) is 0. The molecule has 0 aliphatic carbocycles. The minimum Gasteiger partial charge on any atom is -0.361 e. The third-order valence-electron chi connectivity index (χ3n) is 4.89. The molecule has 0 spiro atoms. The zero-order valence-corrected chi connectivity index (χ0v) is 16.2. The number of hydrogen-bond acceptors (Lipinski definition) is 7. The van der Waals surface area contributed by atoms with Gasteiger partial charge in [0.25, 0.3) is 0 Å². The Balaban J connectivity index is 1.69. The maximum absolute atomic E-state index is 5.34. The molecule has 136 valence electrons. The molecule has 6 nitrogen and oxygen atoms in total. The van der Waals surface area contributed by atoms with E-state index in [2.05, 4.69) is 15.0 Å². The van der Waals surface area contributed by atoms with E-state index < -0.39 is 0 Å². The van der Waals surface area contributed by atoms with E-state index in [0.717, 1.165) is 58.7 Å². The molecule has 0 radical (unpaired) electrons. The molecule has 4 heterocycles. The molecule has 0 aromatic carbocycles.